The molecule has 0 saturated heterocycles. The molecule has 0 radical (unpaired) electrons. The quantitative estimate of drug-likeness (QED) is 0.675. The Kier molecular flexibility index (Phi) is 4.15. The largest absolute Gasteiger partial charge is 0.490 e. The average Bonchev–Trinajstić information content (AvgIpc) is 2.72. The summed E-state index contributed by atoms with van der Waals surface area (Å²) in [6.45, 7) is 1.25. The van der Waals surface area contributed by atoms with Gasteiger partial charge in [0.2, 0.25) is 0 Å². The van der Waals surface area contributed by atoms with E-state index in [1.54, 1.807) is 18.4 Å². The molecule has 0 bridgehead atoms. The first-order chi connectivity index (χ1) is 9.66. The van der Waals surface area contributed by atoms with Gasteiger partial charge in [0, 0.05) is 23.1 Å². The van der Waals surface area contributed by atoms with Gasteiger partial charge < -0.3 is 13.9 Å². The standard InChI is InChI=1S/C14H11BrCl2O3/c15-14-8(2-5-20-14)13(17)9-6-11-12(7-10(9)16)19-4-1-3-18-11/h2,5-7,13H,1,3-4H2. The highest BCUT2D eigenvalue weighted by atomic mass is 79.9. The Morgan fingerprint density at radius 1 is 1.10 bits per heavy atom. The second kappa shape index (κ2) is 5.88. The van der Waals surface area contributed by atoms with Gasteiger partial charge in [0.1, 0.15) is 0 Å². The maximum Gasteiger partial charge on any atom is 0.173 e. The Balaban J connectivity index is 2.01. The van der Waals surface area contributed by atoms with Crippen molar-refractivity contribution in [1.82, 2.24) is 0 Å². The van der Waals surface area contributed by atoms with Gasteiger partial charge in [-0.3, -0.25) is 0 Å². The molecule has 6 heteroatoms. The molecule has 2 aromatic rings. The summed E-state index contributed by atoms with van der Waals surface area (Å²) in [5.41, 5.74) is 1.59. The Morgan fingerprint density at radius 2 is 1.80 bits per heavy atom. The molecule has 0 spiro atoms. The first kappa shape index (κ1) is 14.1. The third kappa shape index (κ3) is 2.65. The summed E-state index contributed by atoms with van der Waals surface area (Å²) in [6.07, 6.45) is 2.42. The molecule has 1 aromatic carbocycles. The molecule has 1 atom stereocenters. The van der Waals surface area contributed by atoms with Gasteiger partial charge in [0.25, 0.3) is 0 Å². The first-order valence-corrected chi connectivity index (χ1v) is 7.73. The van der Waals surface area contributed by atoms with E-state index in [1.807, 2.05) is 6.07 Å². The normalized spacial score (nSPS) is 15.8. The summed E-state index contributed by atoms with van der Waals surface area (Å²) in [4.78, 5) is 0. The fraction of sp³-hybridized carbons (Fsp3) is 0.286. The van der Waals surface area contributed by atoms with E-state index in [-0.39, 0.29) is 0 Å². The van der Waals surface area contributed by atoms with E-state index in [4.69, 9.17) is 37.1 Å². The molecule has 1 aliphatic heterocycles. The van der Waals surface area contributed by atoms with Crippen molar-refractivity contribution in [3.8, 4) is 11.5 Å². The second-order valence-electron chi connectivity index (χ2n) is 4.38. The molecule has 0 saturated carbocycles. The van der Waals surface area contributed by atoms with Gasteiger partial charge in [-0.15, -0.1) is 11.6 Å². The van der Waals surface area contributed by atoms with Gasteiger partial charge in [-0.1, -0.05) is 11.6 Å². The Hall–Kier alpha value is -0.840. The van der Waals surface area contributed by atoms with E-state index in [1.165, 1.54) is 0 Å². The van der Waals surface area contributed by atoms with Gasteiger partial charge in [-0.2, -0.15) is 0 Å². The van der Waals surface area contributed by atoms with E-state index in [0.717, 1.165) is 17.5 Å². The van der Waals surface area contributed by atoms with Crippen molar-refractivity contribution >= 4 is 39.1 Å². The van der Waals surface area contributed by atoms with Crippen molar-refractivity contribution in [3.63, 3.8) is 0 Å². The summed E-state index contributed by atoms with van der Waals surface area (Å²) in [5, 5.41) is 0.120. The van der Waals surface area contributed by atoms with Crippen LogP contribution in [0.25, 0.3) is 0 Å². The van der Waals surface area contributed by atoms with Crippen LogP contribution in [0.3, 0.4) is 0 Å². The first-order valence-electron chi connectivity index (χ1n) is 6.13. The zero-order valence-corrected chi connectivity index (χ0v) is 13.5. The number of furan rings is 1. The Bertz CT molecular complexity index is 627. The predicted molar refractivity (Wildman–Crippen MR) is 81.2 cm³/mol. The number of fused-ring (bicyclic) bond motifs is 1. The molecule has 0 N–H and O–H groups in total. The van der Waals surface area contributed by atoms with Crippen molar-refractivity contribution < 1.29 is 13.9 Å². The van der Waals surface area contributed by atoms with Crippen LogP contribution in [-0.4, -0.2) is 13.2 Å². The maximum atomic E-state index is 6.50. The van der Waals surface area contributed by atoms with Crippen LogP contribution in [0.5, 0.6) is 11.5 Å². The number of benzene rings is 1. The number of rotatable bonds is 2. The topological polar surface area (TPSA) is 31.6 Å². The fourth-order valence-corrected chi connectivity index (χ4v) is 3.32. The van der Waals surface area contributed by atoms with Crippen LogP contribution in [0.4, 0.5) is 0 Å². The summed E-state index contributed by atoms with van der Waals surface area (Å²) in [6, 6.07) is 5.39. The molecule has 3 nitrogen and oxygen atoms in total. The zero-order chi connectivity index (χ0) is 14.1. The Morgan fingerprint density at radius 3 is 2.45 bits per heavy atom. The third-order valence-electron chi connectivity index (χ3n) is 3.06. The maximum absolute atomic E-state index is 6.50. The summed E-state index contributed by atoms with van der Waals surface area (Å²) in [7, 11) is 0. The van der Waals surface area contributed by atoms with E-state index in [0.29, 0.717) is 34.4 Å². The van der Waals surface area contributed by atoms with E-state index in [9.17, 15) is 0 Å². The lowest BCUT2D eigenvalue weighted by atomic mass is 10.1. The average molecular weight is 378 g/mol. The van der Waals surface area contributed by atoms with Gasteiger partial charge >= 0.3 is 0 Å². The molecule has 1 unspecified atom stereocenters. The lowest BCUT2D eigenvalue weighted by Crippen LogP contribution is -1.98. The van der Waals surface area contributed by atoms with E-state index in [2.05, 4.69) is 15.9 Å². The molecule has 2 heterocycles. The van der Waals surface area contributed by atoms with Crippen molar-refractivity contribution in [2.75, 3.05) is 13.2 Å². The smallest absolute Gasteiger partial charge is 0.173 e. The van der Waals surface area contributed by atoms with Gasteiger partial charge in [0.05, 0.1) is 24.9 Å². The molecular weight excluding hydrogens is 367 g/mol. The van der Waals surface area contributed by atoms with Gasteiger partial charge in [-0.05, 0) is 33.6 Å². The molecule has 106 valence electrons. The molecular formula is C14H11BrCl2O3. The fourth-order valence-electron chi connectivity index (χ4n) is 2.05. The highest BCUT2D eigenvalue weighted by molar-refractivity contribution is 9.10. The van der Waals surface area contributed by atoms with Crippen LogP contribution in [0.2, 0.25) is 5.02 Å². The van der Waals surface area contributed by atoms with Crippen molar-refractivity contribution in [2.24, 2.45) is 0 Å². The van der Waals surface area contributed by atoms with Crippen molar-refractivity contribution in [3.05, 3.63) is 45.3 Å². The van der Waals surface area contributed by atoms with Crippen molar-refractivity contribution in [2.45, 2.75) is 11.8 Å². The molecule has 20 heavy (non-hydrogen) atoms. The number of alkyl halides is 1. The molecule has 0 fully saturated rings. The molecule has 1 aliphatic rings. The van der Waals surface area contributed by atoms with E-state index >= 15 is 0 Å². The zero-order valence-electron chi connectivity index (χ0n) is 10.4. The van der Waals surface area contributed by atoms with Crippen molar-refractivity contribution in [1.29, 1.82) is 0 Å². The SMILES string of the molecule is Clc1cc2c(cc1C(Cl)c1ccoc1Br)OCCCO2. The van der Waals surface area contributed by atoms with Crippen LogP contribution in [-0.2, 0) is 0 Å². The Labute approximate surface area is 134 Å². The minimum atomic E-state index is -0.423. The summed E-state index contributed by atoms with van der Waals surface area (Å²) < 4.78 is 17.1. The van der Waals surface area contributed by atoms with Crippen LogP contribution >= 0.6 is 39.1 Å². The second-order valence-corrected chi connectivity index (χ2v) is 5.95. The third-order valence-corrected chi connectivity index (χ3v) is 4.50. The molecule has 0 aliphatic carbocycles. The van der Waals surface area contributed by atoms with Crippen LogP contribution in [0.15, 0.2) is 33.5 Å². The molecule has 0 amide bonds. The van der Waals surface area contributed by atoms with Gasteiger partial charge in [-0.25, -0.2) is 0 Å². The predicted octanol–water partition coefficient (Wildman–Crippen LogP) is 5.19. The minimum Gasteiger partial charge on any atom is -0.490 e. The lowest BCUT2D eigenvalue weighted by molar-refractivity contribution is 0.297. The van der Waals surface area contributed by atoms with Gasteiger partial charge in [0.15, 0.2) is 16.2 Å². The van der Waals surface area contributed by atoms with E-state index < -0.39 is 5.38 Å². The number of hydrogen-bond acceptors (Lipinski definition) is 3. The monoisotopic (exact) mass is 376 g/mol. The lowest BCUT2D eigenvalue weighted by Gasteiger charge is -2.14. The number of hydrogen-bond donors (Lipinski definition) is 0. The number of halogens is 3. The molecule has 3 rings (SSSR count). The molecule has 1 aromatic heterocycles. The van der Waals surface area contributed by atoms with Crippen LogP contribution < -0.4 is 9.47 Å². The highest BCUT2D eigenvalue weighted by Gasteiger charge is 2.22. The summed E-state index contributed by atoms with van der Waals surface area (Å²) >= 11 is 16.1. The van der Waals surface area contributed by atoms with Crippen LogP contribution in [0, 0.1) is 0 Å². The number of ether oxygens (including phenoxy) is 2. The van der Waals surface area contributed by atoms with Crippen LogP contribution in [0.1, 0.15) is 22.9 Å². The minimum absolute atomic E-state index is 0.423. The highest BCUT2D eigenvalue weighted by Crippen LogP contribution is 2.43. The summed E-state index contributed by atoms with van der Waals surface area (Å²) in [5.74, 6) is 1.33.